The molecule has 1 fully saturated rings. The number of carbonyl (C=O) groups excluding carboxylic acids is 2. The van der Waals surface area contributed by atoms with E-state index in [0.717, 1.165) is 96.3 Å². The minimum atomic E-state index is -1.58. The van der Waals surface area contributed by atoms with Crippen molar-refractivity contribution in [1.82, 2.24) is 5.32 Å². The van der Waals surface area contributed by atoms with Crippen LogP contribution in [0.5, 0.6) is 0 Å². The summed E-state index contributed by atoms with van der Waals surface area (Å²) in [7, 11) is 0. The van der Waals surface area contributed by atoms with Crippen LogP contribution in [0.4, 0.5) is 0 Å². The van der Waals surface area contributed by atoms with Gasteiger partial charge in [0.2, 0.25) is 5.91 Å². The molecule has 1 saturated heterocycles. The van der Waals surface area contributed by atoms with E-state index in [1.165, 1.54) is 109 Å². The van der Waals surface area contributed by atoms with Crippen LogP contribution in [0.2, 0.25) is 0 Å². The maximum Gasteiger partial charge on any atom is 0.305 e. The third-order valence-corrected chi connectivity index (χ3v) is 12.7. The third kappa shape index (κ3) is 36.3. The number of allylic oxidation sites excluding steroid dienone is 7. The van der Waals surface area contributed by atoms with Crippen molar-refractivity contribution >= 4 is 11.9 Å². The SMILES string of the molecule is CCCCC/C=C\CCCCCCCC(=O)OCCCCC/C=C\C/C=C\CCCCCCCCCC(=O)NC(COC1OC(CO)C(O)C(O)C1O)C(O)/C=C/CCCCCCCCCC. The molecule has 1 aliphatic rings. The van der Waals surface area contributed by atoms with Crippen LogP contribution in [0.15, 0.2) is 48.6 Å². The monoisotopic (exact) mass is 948 g/mol. The zero-order valence-electron chi connectivity index (χ0n) is 42.6. The highest BCUT2D eigenvalue weighted by atomic mass is 16.7. The molecule has 67 heavy (non-hydrogen) atoms. The molecule has 1 rings (SSSR count). The molecule has 390 valence electrons. The van der Waals surface area contributed by atoms with E-state index in [9.17, 15) is 35.1 Å². The van der Waals surface area contributed by atoms with Gasteiger partial charge in [-0.05, 0) is 96.3 Å². The van der Waals surface area contributed by atoms with E-state index >= 15 is 0 Å². The Kier molecular flexibility index (Phi) is 43.0. The third-order valence-electron chi connectivity index (χ3n) is 12.7. The van der Waals surface area contributed by atoms with Crippen molar-refractivity contribution in [2.24, 2.45) is 0 Å². The van der Waals surface area contributed by atoms with E-state index in [4.69, 9.17) is 14.2 Å². The van der Waals surface area contributed by atoms with Gasteiger partial charge in [-0.25, -0.2) is 0 Å². The van der Waals surface area contributed by atoms with Crippen molar-refractivity contribution in [3.8, 4) is 0 Å². The van der Waals surface area contributed by atoms with Gasteiger partial charge >= 0.3 is 5.97 Å². The quantitative estimate of drug-likeness (QED) is 0.0196. The molecule has 0 saturated carbocycles. The summed E-state index contributed by atoms with van der Waals surface area (Å²) in [5.74, 6) is -0.244. The first-order valence-electron chi connectivity index (χ1n) is 27.4. The Balaban J connectivity index is 2.14. The molecule has 1 heterocycles. The fraction of sp³-hybridized carbons (Fsp3) is 0.821. The standard InChI is InChI=1S/C56H101NO10/c1-3-5-7-9-11-13-15-24-28-32-36-40-44-52(61)65-45-41-37-33-29-25-22-20-18-16-17-19-21-23-27-31-35-39-43-51(60)57-48(47-66-56-55(64)54(63)53(62)50(46-58)67-56)49(59)42-38-34-30-26-14-12-10-8-6-4-2/h11,13,16,18,22,25,38,42,48-50,53-56,58-59,62-64H,3-10,12,14-15,17,19-21,23-24,26-37,39-41,43-47H2,1-2H3,(H,57,60)/b13-11-,18-16-,25-22-,42-38+. The molecule has 0 bridgehead atoms. The molecule has 0 aliphatic carbocycles. The highest BCUT2D eigenvalue weighted by molar-refractivity contribution is 5.76. The molecular formula is C56H101NO10. The van der Waals surface area contributed by atoms with Gasteiger partial charge in [-0.15, -0.1) is 0 Å². The molecule has 1 amide bonds. The van der Waals surface area contributed by atoms with Gasteiger partial charge in [0, 0.05) is 12.8 Å². The second kappa shape index (κ2) is 46.0. The van der Waals surface area contributed by atoms with Gasteiger partial charge < -0.3 is 45.1 Å². The Morgan fingerprint density at radius 2 is 1.00 bits per heavy atom. The van der Waals surface area contributed by atoms with Crippen LogP contribution in [0.1, 0.15) is 232 Å². The van der Waals surface area contributed by atoms with Crippen LogP contribution in [0, 0.1) is 0 Å². The first-order valence-corrected chi connectivity index (χ1v) is 27.4. The largest absolute Gasteiger partial charge is 0.466 e. The lowest BCUT2D eigenvalue weighted by Gasteiger charge is -2.40. The van der Waals surface area contributed by atoms with E-state index < -0.39 is 49.5 Å². The summed E-state index contributed by atoms with van der Waals surface area (Å²) in [5.41, 5.74) is 0. The van der Waals surface area contributed by atoms with E-state index in [1.54, 1.807) is 6.08 Å². The van der Waals surface area contributed by atoms with Gasteiger partial charge in [0.15, 0.2) is 6.29 Å². The van der Waals surface area contributed by atoms with E-state index in [2.05, 4.69) is 55.6 Å². The fourth-order valence-electron chi connectivity index (χ4n) is 8.22. The van der Waals surface area contributed by atoms with Crippen LogP contribution in [-0.4, -0.2) is 100 Å². The lowest BCUT2D eigenvalue weighted by atomic mass is 9.99. The molecule has 0 aromatic heterocycles. The second-order valence-electron chi connectivity index (χ2n) is 18.9. The molecule has 7 atom stereocenters. The van der Waals surface area contributed by atoms with Crippen LogP contribution in [0.3, 0.4) is 0 Å². The zero-order valence-corrected chi connectivity index (χ0v) is 42.6. The minimum absolute atomic E-state index is 0.0434. The Morgan fingerprint density at radius 3 is 1.55 bits per heavy atom. The van der Waals surface area contributed by atoms with Crippen molar-refractivity contribution in [3.63, 3.8) is 0 Å². The molecule has 11 heteroatoms. The first kappa shape index (κ1) is 62.6. The number of esters is 1. The number of aliphatic hydroxyl groups excluding tert-OH is 5. The number of aliphatic hydroxyl groups is 5. The summed E-state index contributed by atoms with van der Waals surface area (Å²) < 4.78 is 16.6. The topological polar surface area (TPSA) is 175 Å². The van der Waals surface area contributed by atoms with Gasteiger partial charge in [-0.2, -0.15) is 0 Å². The second-order valence-corrected chi connectivity index (χ2v) is 18.9. The summed E-state index contributed by atoms with van der Waals surface area (Å²) in [6.45, 7) is 4.22. The Labute approximate surface area is 408 Å². The summed E-state index contributed by atoms with van der Waals surface area (Å²) in [6.07, 6.45) is 46.2. The lowest BCUT2D eigenvalue weighted by molar-refractivity contribution is -0.302. The molecule has 0 aromatic rings. The number of amides is 1. The first-order chi connectivity index (χ1) is 32.7. The van der Waals surface area contributed by atoms with Crippen molar-refractivity contribution in [2.75, 3.05) is 19.8 Å². The summed E-state index contributed by atoms with van der Waals surface area (Å²) in [6, 6.07) is -0.822. The maximum absolute atomic E-state index is 13.0. The van der Waals surface area contributed by atoms with Crippen LogP contribution >= 0.6 is 0 Å². The summed E-state index contributed by atoms with van der Waals surface area (Å²) in [5, 5.41) is 54.2. The number of hydrogen-bond acceptors (Lipinski definition) is 10. The van der Waals surface area contributed by atoms with Crippen molar-refractivity contribution in [2.45, 2.75) is 275 Å². The average molecular weight is 948 g/mol. The number of carbonyl (C=O) groups is 2. The molecule has 0 aromatic carbocycles. The minimum Gasteiger partial charge on any atom is -0.466 e. The molecule has 11 nitrogen and oxygen atoms in total. The van der Waals surface area contributed by atoms with Crippen LogP contribution in [0.25, 0.3) is 0 Å². The smallest absolute Gasteiger partial charge is 0.305 e. The fourth-order valence-corrected chi connectivity index (χ4v) is 8.22. The highest BCUT2D eigenvalue weighted by Gasteiger charge is 2.44. The van der Waals surface area contributed by atoms with Gasteiger partial charge in [0.05, 0.1) is 32.0 Å². The van der Waals surface area contributed by atoms with E-state index in [-0.39, 0.29) is 18.5 Å². The molecule has 0 spiro atoms. The predicted molar refractivity (Wildman–Crippen MR) is 274 cm³/mol. The molecule has 0 radical (unpaired) electrons. The number of rotatable bonds is 46. The number of hydrogen-bond donors (Lipinski definition) is 6. The van der Waals surface area contributed by atoms with Gasteiger partial charge in [0.1, 0.15) is 24.4 Å². The van der Waals surface area contributed by atoms with Crippen molar-refractivity contribution in [1.29, 1.82) is 0 Å². The molecular weight excluding hydrogens is 847 g/mol. The van der Waals surface area contributed by atoms with Gasteiger partial charge in [-0.3, -0.25) is 9.59 Å². The van der Waals surface area contributed by atoms with E-state index in [1.807, 2.05) is 6.08 Å². The summed E-state index contributed by atoms with van der Waals surface area (Å²) >= 11 is 0. The average Bonchev–Trinajstić information content (AvgIpc) is 3.32. The van der Waals surface area contributed by atoms with Crippen LogP contribution in [-0.2, 0) is 23.8 Å². The molecule has 1 aliphatic heterocycles. The maximum atomic E-state index is 13.0. The normalized spacial score (nSPS) is 19.9. The molecule has 6 N–H and O–H groups in total. The number of ether oxygens (including phenoxy) is 3. The van der Waals surface area contributed by atoms with Gasteiger partial charge in [0.25, 0.3) is 0 Å². The Morgan fingerprint density at radius 1 is 0.552 bits per heavy atom. The van der Waals surface area contributed by atoms with Crippen molar-refractivity contribution < 1.29 is 49.3 Å². The zero-order chi connectivity index (χ0) is 48.8. The van der Waals surface area contributed by atoms with Crippen molar-refractivity contribution in [3.05, 3.63) is 48.6 Å². The Bertz CT molecular complexity index is 1250. The van der Waals surface area contributed by atoms with Crippen LogP contribution < -0.4 is 5.32 Å². The number of nitrogens with one attached hydrogen (secondary N) is 1. The van der Waals surface area contributed by atoms with E-state index in [0.29, 0.717) is 19.4 Å². The predicted octanol–water partition coefficient (Wildman–Crippen LogP) is 11.7. The molecule has 7 unspecified atom stereocenters. The number of unbranched alkanes of at least 4 members (excludes halogenated alkanes) is 26. The summed E-state index contributed by atoms with van der Waals surface area (Å²) in [4.78, 5) is 25.0. The van der Waals surface area contributed by atoms with Gasteiger partial charge in [-0.1, -0.05) is 172 Å². The lowest BCUT2D eigenvalue weighted by Crippen LogP contribution is -2.60. The highest BCUT2D eigenvalue weighted by Crippen LogP contribution is 2.23. The Hall–Kier alpha value is -2.38.